The lowest BCUT2D eigenvalue weighted by atomic mass is 9.63. The first kappa shape index (κ1) is 13.0. The molecule has 5 heteroatoms. The summed E-state index contributed by atoms with van der Waals surface area (Å²) < 4.78 is 0. The zero-order valence-corrected chi connectivity index (χ0v) is 12.1. The van der Waals surface area contributed by atoms with Crippen LogP contribution in [0.15, 0.2) is 12.2 Å². The Bertz CT molecular complexity index is 545. The van der Waals surface area contributed by atoms with Crippen molar-refractivity contribution in [2.24, 2.45) is 41.4 Å². The topological polar surface area (TPSA) is 74.7 Å². The standard InChI is InChI=1S/C16H19NO4/c1-6(2)13(16(20)21)17-14(18)11-7-3-4-8(10-5-9(7)10)12(11)15(17)19/h3-4,6-13H,5H2,1-2H3,(H,20,21)/t7-,8-,9-,10-,11+,12+,13+/m1/s1. The molecule has 3 fully saturated rings. The van der Waals surface area contributed by atoms with Gasteiger partial charge in [0, 0.05) is 0 Å². The molecule has 1 aliphatic heterocycles. The number of amides is 2. The monoisotopic (exact) mass is 289 g/mol. The summed E-state index contributed by atoms with van der Waals surface area (Å²) in [6.45, 7) is 3.48. The Balaban J connectivity index is 1.73. The number of hydrogen-bond donors (Lipinski definition) is 1. The highest BCUT2D eigenvalue weighted by atomic mass is 16.4. The molecule has 2 saturated carbocycles. The number of carbonyl (C=O) groups excluding carboxylic acids is 2. The molecule has 2 bridgehead atoms. The van der Waals surface area contributed by atoms with Crippen molar-refractivity contribution in [1.29, 1.82) is 0 Å². The van der Waals surface area contributed by atoms with E-state index >= 15 is 0 Å². The number of allylic oxidation sites excluding steroid dienone is 2. The molecule has 1 N–H and O–H groups in total. The first-order valence-electron chi connectivity index (χ1n) is 7.71. The van der Waals surface area contributed by atoms with Crippen LogP contribution in [0.4, 0.5) is 0 Å². The number of carbonyl (C=O) groups is 3. The van der Waals surface area contributed by atoms with E-state index in [2.05, 4.69) is 12.2 Å². The lowest BCUT2D eigenvalue weighted by Crippen LogP contribution is -2.48. The summed E-state index contributed by atoms with van der Waals surface area (Å²) in [5.41, 5.74) is 0. The van der Waals surface area contributed by atoms with Crippen molar-refractivity contribution in [1.82, 2.24) is 4.90 Å². The Morgan fingerprint density at radius 2 is 1.62 bits per heavy atom. The summed E-state index contributed by atoms with van der Waals surface area (Å²) in [4.78, 5) is 38.1. The molecule has 1 saturated heterocycles. The van der Waals surface area contributed by atoms with E-state index in [9.17, 15) is 19.5 Å². The SMILES string of the molecule is CC(C)[C@@H](C(=O)O)N1C(=O)[C@H]2[C@@H]3C=C[C@H]([C@H]4C[C@H]34)[C@@H]2C1=O. The van der Waals surface area contributed by atoms with Crippen LogP contribution < -0.4 is 0 Å². The van der Waals surface area contributed by atoms with Gasteiger partial charge < -0.3 is 5.11 Å². The fraction of sp³-hybridized carbons (Fsp3) is 0.688. The molecule has 5 rings (SSSR count). The summed E-state index contributed by atoms with van der Waals surface area (Å²) in [5.74, 6) is -1.12. The van der Waals surface area contributed by atoms with Gasteiger partial charge in [-0.15, -0.1) is 0 Å². The molecule has 0 aromatic rings. The van der Waals surface area contributed by atoms with Crippen LogP contribution in [-0.4, -0.2) is 33.8 Å². The first-order valence-corrected chi connectivity index (χ1v) is 7.71. The highest BCUT2D eigenvalue weighted by Gasteiger charge is 2.68. The minimum absolute atomic E-state index is 0.146. The Morgan fingerprint density at radius 1 is 1.14 bits per heavy atom. The summed E-state index contributed by atoms with van der Waals surface area (Å²) >= 11 is 0. The van der Waals surface area contributed by atoms with E-state index in [0.717, 1.165) is 11.3 Å². The minimum atomic E-state index is -1.09. The third-order valence-electron chi connectivity index (χ3n) is 5.86. The van der Waals surface area contributed by atoms with Gasteiger partial charge in [0.05, 0.1) is 11.8 Å². The quantitative estimate of drug-likeness (QED) is 0.624. The number of likely N-dealkylation sites (tertiary alicyclic amines) is 1. The van der Waals surface area contributed by atoms with Gasteiger partial charge in [-0.2, -0.15) is 0 Å². The Labute approximate surface area is 123 Å². The van der Waals surface area contributed by atoms with Crippen LogP contribution in [0.5, 0.6) is 0 Å². The highest BCUT2D eigenvalue weighted by Crippen LogP contribution is 2.65. The van der Waals surface area contributed by atoms with Crippen molar-refractivity contribution < 1.29 is 19.5 Å². The van der Waals surface area contributed by atoms with E-state index in [-0.39, 0.29) is 41.4 Å². The van der Waals surface area contributed by atoms with Gasteiger partial charge in [-0.3, -0.25) is 14.5 Å². The molecule has 5 nitrogen and oxygen atoms in total. The summed E-state index contributed by atoms with van der Waals surface area (Å²) in [6, 6.07) is -1.04. The summed E-state index contributed by atoms with van der Waals surface area (Å²) in [7, 11) is 0. The van der Waals surface area contributed by atoms with E-state index in [0.29, 0.717) is 11.8 Å². The van der Waals surface area contributed by atoms with Crippen LogP contribution in [-0.2, 0) is 14.4 Å². The third-order valence-corrected chi connectivity index (χ3v) is 5.86. The summed E-state index contributed by atoms with van der Waals surface area (Å²) in [5, 5.41) is 9.42. The second-order valence-corrected chi connectivity index (χ2v) is 7.23. The van der Waals surface area contributed by atoms with Crippen LogP contribution in [0.2, 0.25) is 0 Å². The van der Waals surface area contributed by atoms with Crippen LogP contribution in [0.3, 0.4) is 0 Å². The molecule has 0 spiro atoms. The average Bonchev–Trinajstić information content (AvgIpc) is 3.19. The predicted molar refractivity (Wildman–Crippen MR) is 72.8 cm³/mol. The molecular formula is C16H19NO4. The lowest BCUT2D eigenvalue weighted by Gasteiger charge is -2.37. The third kappa shape index (κ3) is 1.49. The van der Waals surface area contributed by atoms with E-state index < -0.39 is 12.0 Å². The summed E-state index contributed by atoms with van der Waals surface area (Å²) in [6.07, 6.45) is 5.31. The number of aliphatic carboxylic acids is 1. The van der Waals surface area contributed by atoms with E-state index in [4.69, 9.17) is 0 Å². The predicted octanol–water partition coefficient (Wildman–Crippen LogP) is 1.15. The lowest BCUT2D eigenvalue weighted by molar-refractivity contribution is -0.157. The molecule has 0 aromatic carbocycles. The molecule has 21 heavy (non-hydrogen) atoms. The van der Waals surface area contributed by atoms with Gasteiger partial charge in [0.1, 0.15) is 6.04 Å². The van der Waals surface area contributed by atoms with E-state index in [1.807, 2.05) is 0 Å². The molecule has 4 aliphatic carbocycles. The van der Waals surface area contributed by atoms with Crippen LogP contribution >= 0.6 is 0 Å². The number of rotatable bonds is 3. The van der Waals surface area contributed by atoms with Gasteiger partial charge in [-0.1, -0.05) is 26.0 Å². The maximum Gasteiger partial charge on any atom is 0.327 e. The van der Waals surface area contributed by atoms with Gasteiger partial charge >= 0.3 is 5.97 Å². The Morgan fingerprint density at radius 3 is 2.00 bits per heavy atom. The van der Waals surface area contributed by atoms with Crippen LogP contribution in [0, 0.1) is 41.4 Å². The molecule has 112 valence electrons. The normalized spacial score (nSPS) is 44.0. The van der Waals surface area contributed by atoms with Gasteiger partial charge in [0.25, 0.3) is 0 Å². The van der Waals surface area contributed by atoms with Crippen molar-refractivity contribution in [3.05, 3.63) is 12.2 Å². The molecule has 2 amide bonds. The van der Waals surface area contributed by atoms with Crippen LogP contribution in [0.1, 0.15) is 20.3 Å². The molecule has 0 unspecified atom stereocenters. The molecule has 0 radical (unpaired) electrons. The fourth-order valence-electron chi connectivity index (χ4n) is 4.95. The average molecular weight is 289 g/mol. The van der Waals surface area contributed by atoms with Gasteiger partial charge in [0.2, 0.25) is 11.8 Å². The van der Waals surface area contributed by atoms with Crippen molar-refractivity contribution in [2.45, 2.75) is 26.3 Å². The first-order chi connectivity index (χ1) is 9.93. The Hall–Kier alpha value is -1.65. The van der Waals surface area contributed by atoms with Crippen molar-refractivity contribution in [2.75, 3.05) is 0 Å². The second kappa shape index (κ2) is 3.96. The van der Waals surface area contributed by atoms with Gasteiger partial charge in [0.15, 0.2) is 0 Å². The second-order valence-electron chi connectivity index (χ2n) is 7.23. The molecule has 1 heterocycles. The maximum atomic E-state index is 12.8. The number of carboxylic acids is 1. The van der Waals surface area contributed by atoms with Gasteiger partial charge in [-0.25, -0.2) is 4.79 Å². The minimum Gasteiger partial charge on any atom is -0.480 e. The zero-order chi connectivity index (χ0) is 15.0. The van der Waals surface area contributed by atoms with Crippen molar-refractivity contribution in [3.63, 3.8) is 0 Å². The number of imide groups is 1. The largest absolute Gasteiger partial charge is 0.480 e. The fourth-order valence-corrected chi connectivity index (χ4v) is 4.95. The Kier molecular flexibility index (Phi) is 2.46. The highest BCUT2D eigenvalue weighted by molar-refractivity contribution is 6.08. The van der Waals surface area contributed by atoms with E-state index in [1.54, 1.807) is 13.8 Å². The van der Waals surface area contributed by atoms with Crippen molar-refractivity contribution >= 4 is 17.8 Å². The molecule has 7 atom stereocenters. The number of nitrogens with zero attached hydrogens (tertiary/aromatic N) is 1. The van der Waals surface area contributed by atoms with Crippen molar-refractivity contribution in [3.8, 4) is 0 Å². The molecular weight excluding hydrogens is 270 g/mol. The smallest absolute Gasteiger partial charge is 0.327 e. The molecule has 0 aromatic heterocycles. The van der Waals surface area contributed by atoms with Crippen LogP contribution in [0.25, 0.3) is 0 Å². The molecule has 5 aliphatic rings. The number of carboxylic acid groups (broad SMARTS) is 1. The maximum absolute atomic E-state index is 12.8. The van der Waals surface area contributed by atoms with E-state index in [1.165, 1.54) is 0 Å². The zero-order valence-electron chi connectivity index (χ0n) is 12.1. The van der Waals surface area contributed by atoms with Gasteiger partial charge in [-0.05, 0) is 36.0 Å². The number of hydrogen-bond acceptors (Lipinski definition) is 3.